The van der Waals surface area contributed by atoms with Crippen LogP contribution < -0.4 is 0 Å². The smallest absolute Gasteiger partial charge is 0.168 e. The number of aryl methyl sites for hydroxylation is 2. The van der Waals surface area contributed by atoms with Gasteiger partial charge in [0.05, 0.1) is 0 Å². The van der Waals surface area contributed by atoms with E-state index in [1.807, 2.05) is 32.0 Å². The molecule has 0 saturated heterocycles. The fourth-order valence-electron chi connectivity index (χ4n) is 1.58. The summed E-state index contributed by atoms with van der Waals surface area (Å²) in [5, 5.41) is 0. The molecule has 0 unspecified atom stereocenters. The number of aldehydes is 1. The van der Waals surface area contributed by atoms with Crippen LogP contribution in [0.3, 0.4) is 0 Å². The lowest BCUT2D eigenvalue weighted by Gasteiger charge is -2.05. The van der Waals surface area contributed by atoms with Gasteiger partial charge < -0.3 is 0 Å². The van der Waals surface area contributed by atoms with Crippen LogP contribution in [0.15, 0.2) is 28.7 Å². The lowest BCUT2D eigenvalue weighted by Crippen LogP contribution is -1.97. The molecule has 0 saturated carbocycles. The number of hydrogen-bond donors (Lipinski definition) is 0. The van der Waals surface area contributed by atoms with Gasteiger partial charge in [-0.3, -0.25) is 4.79 Å². The average molecular weight is 291 g/mol. The van der Waals surface area contributed by atoms with E-state index in [9.17, 15) is 4.79 Å². The minimum atomic E-state index is 0.403. The lowest BCUT2D eigenvalue weighted by atomic mass is 10.1. The maximum atomic E-state index is 10.8. The van der Waals surface area contributed by atoms with E-state index < -0.39 is 0 Å². The van der Waals surface area contributed by atoms with Crippen molar-refractivity contribution in [3.63, 3.8) is 0 Å². The monoisotopic (exact) mass is 290 g/mol. The molecule has 0 amide bonds. The summed E-state index contributed by atoms with van der Waals surface area (Å²) < 4.78 is 0.931. The number of hydrogen-bond acceptors (Lipinski definition) is 3. The van der Waals surface area contributed by atoms with Crippen LogP contribution in [0.2, 0.25) is 0 Å². The Hall–Kier alpha value is -1.55. The molecule has 3 nitrogen and oxygen atoms in total. The summed E-state index contributed by atoms with van der Waals surface area (Å²) in [6.45, 7) is 3.86. The van der Waals surface area contributed by atoms with E-state index in [0.29, 0.717) is 11.5 Å². The van der Waals surface area contributed by atoms with E-state index in [2.05, 4.69) is 25.9 Å². The van der Waals surface area contributed by atoms with Crippen molar-refractivity contribution in [3.05, 3.63) is 45.7 Å². The first-order valence-corrected chi connectivity index (χ1v) is 5.97. The Morgan fingerprint density at radius 1 is 1.18 bits per heavy atom. The van der Waals surface area contributed by atoms with Crippen molar-refractivity contribution in [2.75, 3.05) is 0 Å². The van der Waals surface area contributed by atoms with Crippen LogP contribution in [0.1, 0.15) is 21.7 Å². The van der Waals surface area contributed by atoms with Crippen LogP contribution in [-0.2, 0) is 0 Å². The van der Waals surface area contributed by atoms with E-state index in [1.54, 1.807) is 6.07 Å². The van der Waals surface area contributed by atoms with Gasteiger partial charge in [0.25, 0.3) is 0 Å². The molecular formula is C13H11BrN2O. The first-order valence-electron chi connectivity index (χ1n) is 5.17. The van der Waals surface area contributed by atoms with Crippen LogP contribution in [0.5, 0.6) is 0 Å². The zero-order valence-corrected chi connectivity index (χ0v) is 11.2. The largest absolute Gasteiger partial charge is 0.296 e. The quantitative estimate of drug-likeness (QED) is 0.797. The topological polar surface area (TPSA) is 42.9 Å². The second kappa shape index (κ2) is 4.75. The summed E-state index contributed by atoms with van der Waals surface area (Å²) in [4.78, 5) is 19.3. The fourth-order valence-corrected chi connectivity index (χ4v) is 2.25. The van der Waals surface area contributed by atoms with Crippen molar-refractivity contribution in [3.8, 4) is 11.4 Å². The van der Waals surface area contributed by atoms with Crippen LogP contribution in [0.4, 0.5) is 0 Å². The number of carbonyl (C=O) groups is 1. The highest BCUT2D eigenvalue weighted by atomic mass is 79.9. The van der Waals surface area contributed by atoms with Gasteiger partial charge in [0, 0.05) is 15.7 Å². The van der Waals surface area contributed by atoms with Crippen LogP contribution in [0, 0.1) is 13.8 Å². The first kappa shape index (κ1) is 11.9. The van der Waals surface area contributed by atoms with E-state index in [-0.39, 0.29) is 0 Å². The maximum absolute atomic E-state index is 10.8. The number of halogens is 1. The van der Waals surface area contributed by atoms with E-state index in [4.69, 9.17) is 0 Å². The van der Waals surface area contributed by atoms with Gasteiger partial charge in [-0.05, 0) is 37.6 Å². The number of aromatic nitrogens is 2. The van der Waals surface area contributed by atoms with Gasteiger partial charge in [0.1, 0.15) is 5.69 Å². The van der Waals surface area contributed by atoms with Crippen LogP contribution >= 0.6 is 15.9 Å². The molecule has 0 N–H and O–H groups in total. The van der Waals surface area contributed by atoms with Crippen molar-refractivity contribution in [2.24, 2.45) is 0 Å². The van der Waals surface area contributed by atoms with Crippen molar-refractivity contribution in [1.29, 1.82) is 0 Å². The summed E-state index contributed by atoms with van der Waals surface area (Å²) in [6, 6.07) is 7.61. The number of benzene rings is 1. The molecule has 17 heavy (non-hydrogen) atoms. The Morgan fingerprint density at radius 3 is 2.59 bits per heavy atom. The molecule has 86 valence electrons. The standard InChI is InChI=1S/C13H11BrN2O/c1-8-3-4-11(12(14)5-8)13-15-9(2)6-10(7-17)16-13/h3-7H,1-2H3. The summed E-state index contributed by atoms with van der Waals surface area (Å²) in [7, 11) is 0. The lowest BCUT2D eigenvalue weighted by molar-refractivity contribution is 0.111. The molecule has 4 heteroatoms. The molecular weight excluding hydrogens is 280 g/mol. The van der Waals surface area contributed by atoms with E-state index in [0.717, 1.165) is 27.6 Å². The molecule has 0 spiro atoms. The Bertz CT molecular complexity index is 582. The second-order valence-corrected chi connectivity index (χ2v) is 4.71. The average Bonchev–Trinajstić information content (AvgIpc) is 2.28. The van der Waals surface area contributed by atoms with Gasteiger partial charge in [-0.1, -0.05) is 22.0 Å². The maximum Gasteiger partial charge on any atom is 0.168 e. The van der Waals surface area contributed by atoms with Gasteiger partial charge in [-0.15, -0.1) is 0 Å². The molecule has 0 atom stereocenters. The molecule has 0 fully saturated rings. The predicted octanol–water partition coefficient (Wildman–Crippen LogP) is 3.34. The van der Waals surface area contributed by atoms with Gasteiger partial charge in [-0.2, -0.15) is 0 Å². The van der Waals surface area contributed by atoms with Gasteiger partial charge in [0.2, 0.25) is 0 Å². The Morgan fingerprint density at radius 2 is 1.94 bits per heavy atom. The Labute approximate surface area is 108 Å². The molecule has 1 heterocycles. The number of carbonyl (C=O) groups excluding carboxylic acids is 1. The highest BCUT2D eigenvalue weighted by Gasteiger charge is 2.08. The first-order chi connectivity index (χ1) is 8.10. The van der Waals surface area contributed by atoms with Crippen molar-refractivity contribution in [1.82, 2.24) is 9.97 Å². The van der Waals surface area contributed by atoms with Crippen molar-refractivity contribution >= 4 is 22.2 Å². The fraction of sp³-hybridized carbons (Fsp3) is 0.154. The molecule has 2 aromatic rings. The van der Waals surface area contributed by atoms with Crippen molar-refractivity contribution in [2.45, 2.75) is 13.8 Å². The predicted molar refractivity (Wildman–Crippen MR) is 70.0 cm³/mol. The normalized spacial score (nSPS) is 10.3. The zero-order chi connectivity index (χ0) is 12.4. The molecule has 0 aliphatic rings. The zero-order valence-electron chi connectivity index (χ0n) is 9.57. The highest BCUT2D eigenvalue weighted by Crippen LogP contribution is 2.26. The van der Waals surface area contributed by atoms with Crippen molar-refractivity contribution < 1.29 is 4.79 Å². The molecule has 2 rings (SSSR count). The summed E-state index contributed by atoms with van der Waals surface area (Å²) >= 11 is 3.49. The second-order valence-electron chi connectivity index (χ2n) is 3.86. The third kappa shape index (κ3) is 2.58. The highest BCUT2D eigenvalue weighted by molar-refractivity contribution is 9.10. The molecule has 1 aromatic heterocycles. The van der Waals surface area contributed by atoms with Gasteiger partial charge >= 0.3 is 0 Å². The summed E-state index contributed by atoms with van der Waals surface area (Å²) in [5.41, 5.74) is 3.23. The number of rotatable bonds is 2. The third-order valence-electron chi connectivity index (χ3n) is 2.36. The molecule has 0 aliphatic heterocycles. The molecule has 0 radical (unpaired) electrons. The minimum absolute atomic E-state index is 0.403. The van der Waals surface area contributed by atoms with Gasteiger partial charge in [-0.25, -0.2) is 9.97 Å². The molecule has 0 bridgehead atoms. The molecule has 1 aromatic carbocycles. The summed E-state index contributed by atoms with van der Waals surface area (Å²) in [6.07, 6.45) is 0.736. The van der Waals surface area contributed by atoms with E-state index >= 15 is 0 Å². The van der Waals surface area contributed by atoms with Crippen LogP contribution in [0.25, 0.3) is 11.4 Å². The SMILES string of the molecule is Cc1ccc(-c2nc(C)cc(C=O)n2)c(Br)c1. The molecule has 0 aliphatic carbocycles. The minimum Gasteiger partial charge on any atom is -0.296 e. The Balaban J connectivity index is 2.59. The number of nitrogens with zero attached hydrogens (tertiary/aromatic N) is 2. The van der Waals surface area contributed by atoms with E-state index in [1.165, 1.54) is 0 Å². The third-order valence-corrected chi connectivity index (χ3v) is 3.02. The van der Waals surface area contributed by atoms with Gasteiger partial charge in [0.15, 0.2) is 12.1 Å². The summed E-state index contributed by atoms with van der Waals surface area (Å²) in [5.74, 6) is 0.568. The van der Waals surface area contributed by atoms with Crippen LogP contribution in [-0.4, -0.2) is 16.3 Å². The Kier molecular flexibility index (Phi) is 3.33.